The van der Waals surface area contributed by atoms with Gasteiger partial charge in [0.25, 0.3) is 0 Å². The summed E-state index contributed by atoms with van der Waals surface area (Å²) in [5.74, 6) is 0.288. The molecule has 7 heteroatoms. The van der Waals surface area contributed by atoms with Gasteiger partial charge < -0.3 is 5.73 Å². The largest absolute Gasteiger partial charge is 0.433 e. The molecule has 1 aliphatic rings. The number of amidine groups is 1. The molecule has 2 N–H and O–H groups in total. The zero-order valence-electron chi connectivity index (χ0n) is 13.8. The Labute approximate surface area is 161 Å². The predicted octanol–water partition coefficient (Wildman–Crippen LogP) is 4.87. The first-order valence-corrected chi connectivity index (χ1v) is 8.86. The van der Waals surface area contributed by atoms with E-state index in [1.165, 1.54) is 0 Å². The number of pyridine rings is 1. The summed E-state index contributed by atoms with van der Waals surface area (Å²) < 4.78 is 40.7. The molecule has 0 bridgehead atoms. The molecule has 0 spiro atoms. The highest BCUT2D eigenvalue weighted by molar-refractivity contribution is 9.10. The van der Waals surface area contributed by atoms with E-state index in [9.17, 15) is 13.2 Å². The molecule has 2 heterocycles. The second-order valence-electron chi connectivity index (χ2n) is 6.19. The van der Waals surface area contributed by atoms with Crippen LogP contribution in [0, 0.1) is 0 Å². The van der Waals surface area contributed by atoms with Crippen molar-refractivity contribution >= 4 is 21.8 Å². The lowest BCUT2D eigenvalue weighted by molar-refractivity contribution is -0.141. The predicted molar refractivity (Wildman–Crippen MR) is 100 cm³/mol. The molecular formula is C20H13BrF3N3. The van der Waals surface area contributed by atoms with Crippen molar-refractivity contribution in [3.05, 3.63) is 99.3 Å². The molecular weight excluding hydrogens is 419 g/mol. The van der Waals surface area contributed by atoms with Crippen LogP contribution in [0.15, 0.2) is 76.3 Å². The zero-order valence-corrected chi connectivity index (χ0v) is 15.4. The Balaban J connectivity index is 2.06. The third kappa shape index (κ3) is 2.82. The van der Waals surface area contributed by atoms with Gasteiger partial charge in [-0.25, -0.2) is 4.99 Å². The molecule has 3 nitrogen and oxygen atoms in total. The monoisotopic (exact) mass is 431 g/mol. The van der Waals surface area contributed by atoms with Crippen molar-refractivity contribution in [1.29, 1.82) is 0 Å². The molecule has 1 atom stereocenters. The van der Waals surface area contributed by atoms with Crippen molar-refractivity contribution in [1.82, 2.24) is 4.98 Å². The number of halogens is 4. The van der Waals surface area contributed by atoms with Crippen LogP contribution in [0.3, 0.4) is 0 Å². The summed E-state index contributed by atoms with van der Waals surface area (Å²) in [6.07, 6.45) is -3.40. The van der Waals surface area contributed by atoms with Crippen LogP contribution in [-0.2, 0) is 11.7 Å². The number of nitrogens with zero attached hydrogens (tertiary/aromatic N) is 2. The lowest BCUT2D eigenvalue weighted by atomic mass is 9.77. The summed E-state index contributed by atoms with van der Waals surface area (Å²) in [7, 11) is 0. The van der Waals surface area contributed by atoms with Gasteiger partial charge in [0.05, 0.1) is 0 Å². The molecule has 1 unspecified atom stereocenters. The van der Waals surface area contributed by atoms with Crippen LogP contribution < -0.4 is 5.73 Å². The average Bonchev–Trinajstić information content (AvgIpc) is 2.95. The van der Waals surface area contributed by atoms with Crippen LogP contribution in [-0.4, -0.2) is 10.8 Å². The first kappa shape index (κ1) is 17.7. The minimum Gasteiger partial charge on any atom is -0.383 e. The highest BCUT2D eigenvalue weighted by Gasteiger charge is 2.44. The first-order chi connectivity index (χ1) is 12.8. The van der Waals surface area contributed by atoms with Crippen molar-refractivity contribution in [3.63, 3.8) is 0 Å². The van der Waals surface area contributed by atoms with Crippen molar-refractivity contribution < 1.29 is 13.2 Å². The minimum absolute atomic E-state index is 0.288. The van der Waals surface area contributed by atoms with E-state index in [1.807, 2.05) is 48.5 Å². The van der Waals surface area contributed by atoms with E-state index in [2.05, 4.69) is 25.9 Å². The maximum atomic E-state index is 13.3. The fourth-order valence-electron chi connectivity index (χ4n) is 3.45. The molecule has 1 aliphatic heterocycles. The molecule has 27 heavy (non-hydrogen) atoms. The van der Waals surface area contributed by atoms with E-state index in [0.717, 1.165) is 22.3 Å². The molecule has 3 aromatic rings. The van der Waals surface area contributed by atoms with Crippen molar-refractivity contribution in [2.24, 2.45) is 10.7 Å². The lowest BCUT2D eigenvalue weighted by Gasteiger charge is -2.29. The fourth-order valence-corrected chi connectivity index (χ4v) is 3.85. The molecule has 0 radical (unpaired) electrons. The molecule has 4 rings (SSSR count). The number of rotatable bonds is 2. The molecule has 0 fully saturated rings. The fraction of sp³-hybridized carbons (Fsp3) is 0.100. The molecule has 0 aliphatic carbocycles. The highest BCUT2D eigenvalue weighted by atomic mass is 79.9. The normalized spacial score (nSPS) is 18.9. The SMILES string of the molecule is NC1=NC(c2cccc(Br)c2)(c2ccnc(C(F)(F)F)c2)c2ccccc21. The van der Waals surface area contributed by atoms with E-state index in [4.69, 9.17) is 5.73 Å². The number of nitrogens with two attached hydrogens (primary N) is 1. The van der Waals surface area contributed by atoms with Gasteiger partial charge in [-0.05, 0) is 41.0 Å². The van der Waals surface area contributed by atoms with Gasteiger partial charge in [0.1, 0.15) is 17.1 Å². The van der Waals surface area contributed by atoms with Gasteiger partial charge in [-0.15, -0.1) is 0 Å². The second kappa shape index (κ2) is 6.20. The number of hydrogen-bond donors (Lipinski definition) is 1. The third-order valence-corrected chi connectivity index (χ3v) is 5.08. The van der Waals surface area contributed by atoms with Gasteiger partial charge in [0.15, 0.2) is 0 Å². The van der Waals surface area contributed by atoms with Crippen LogP contribution >= 0.6 is 15.9 Å². The van der Waals surface area contributed by atoms with Gasteiger partial charge in [-0.3, -0.25) is 4.98 Å². The average molecular weight is 432 g/mol. The Morgan fingerprint density at radius 2 is 1.67 bits per heavy atom. The third-order valence-electron chi connectivity index (χ3n) is 4.59. The van der Waals surface area contributed by atoms with Crippen LogP contribution in [0.5, 0.6) is 0 Å². The Kier molecular flexibility index (Phi) is 4.07. The molecule has 0 amide bonds. The van der Waals surface area contributed by atoms with Crippen molar-refractivity contribution in [2.45, 2.75) is 11.7 Å². The Hall–Kier alpha value is -2.67. The zero-order chi connectivity index (χ0) is 19.2. The second-order valence-corrected chi connectivity index (χ2v) is 7.11. The van der Waals surface area contributed by atoms with E-state index in [1.54, 1.807) is 6.07 Å². The van der Waals surface area contributed by atoms with Gasteiger partial charge in [-0.1, -0.05) is 52.3 Å². The molecule has 136 valence electrons. The van der Waals surface area contributed by atoms with Gasteiger partial charge in [0.2, 0.25) is 0 Å². The van der Waals surface area contributed by atoms with Crippen LogP contribution in [0.25, 0.3) is 0 Å². The lowest BCUT2D eigenvalue weighted by Crippen LogP contribution is -2.26. The standard InChI is InChI=1S/C20H13BrF3N3/c21-14-5-3-4-12(10-14)19(13-8-9-26-17(11-13)20(22,23)24)16-7-2-1-6-15(16)18(25)27-19/h1-11H,(H2,25,27). The maximum absolute atomic E-state index is 13.3. The summed E-state index contributed by atoms with van der Waals surface area (Å²) in [5, 5.41) is 0. The van der Waals surface area contributed by atoms with Gasteiger partial charge in [-0.2, -0.15) is 13.2 Å². The summed E-state index contributed by atoms with van der Waals surface area (Å²) in [4.78, 5) is 8.16. The maximum Gasteiger partial charge on any atom is 0.433 e. The quantitative estimate of drug-likeness (QED) is 0.628. The molecule has 1 aromatic heterocycles. The number of fused-ring (bicyclic) bond motifs is 1. The van der Waals surface area contributed by atoms with E-state index in [-0.39, 0.29) is 5.84 Å². The van der Waals surface area contributed by atoms with Gasteiger partial charge in [0, 0.05) is 16.2 Å². The summed E-state index contributed by atoms with van der Waals surface area (Å²) in [6, 6.07) is 17.2. The van der Waals surface area contributed by atoms with Crippen molar-refractivity contribution in [2.75, 3.05) is 0 Å². The van der Waals surface area contributed by atoms with Crippen LogP contribution in [0.1, 0.15) is 27.9 Å². The molecule has 2 aromatic carbocycles. The number of hydrogen-bond acceptors (Lipinski definition) is 3. The summed E-state index contributed by atoms with van der Waals surface area (Å²) >= 11 is 3.44. The van der Waals surface area contributed by atoms with E-state index in [0.29, 0.717) is 16.7 Å². The topological polar surface area (TPSA) is 51.3 Å². The minimum atomic E-state index is -4.55. The molecule has 0 saturated heterocycles. The van der Waals surface area contributed by atoms with Crippen molar-refractivity contribution in [3.8, 4) is 0 Å². The Bertz CT molecular complexity index is 1060. The number of benzene rings is 2. The number of alkyl halides is 3. The smallest absolute Gasteiger partial charge is 0.383 e. The van der Waals surface area contributed by atoms with Crippen LogP contribution in [0.4, 0.5) is 13.2 Å². The highest BCUT2D eigenvalue weighted by Crippen LogP contribution is 2.47. The molecule has 0 saturated carbocycles. The number of aromatic nitrogens is 1. The first-order valence-electron chi connectivity index (χ1n) is 8.07. The summed E-state index contributed by atoms with van der Waals surface area (Å²) in [5.41, 5.74) is 6.54. The van der Waals surface area contributed by atoms with E-state index >= 15 is 0 Å². The summed E-state index contributed by atoms with van der Waals surface area (Å²) in [6.45, 7) is 0. The Morgan fingerprint density at radius 3 is 2.41 bits per heavy atom. The number of aliphatic imine (C=N–C) groups is 1. The van der Waals surface area contributed by atoms with Gasteiger partial charge >= 0.3 is 6.18 Å². The van der Waals surface area contributed by atoms with Crippen LogP contribution in [0.2, 0.25) is 0 Å². The van der Waals surface area contributed by atoms with E-state index < -0.39 is 17.4 Å². The Morgan fingerprint density at radius 1 is 0.926 bits per heavy atom.